The van der Waals surface area contributed by atoms with E-state index in [1.807, 2.05) is 0 Å². The fourth-order valence-electron chi connectivity index (χ4n) is 2.22. The molecule has 9 heteroatoms. The number of anilines is 2. The molecular formula is C16H11F6NO2. The number of carbonyl (C=O) groups excluding carboxylic acids is 1. The lowest BCUT2D eigenvalue weighted by Gasteiger charge is -2.20. The highest BCUT2D eigenvalue weighted by atomic mass is 19.4. The highest BCUT2D eigenvalue weighted by molar-refractivity contribution is 5.96. The minimum Gasteiger partial charge on any atom is -0.465 e. The van der Waals surface area contributed by atoms with Gasteiger partial charge in [0.2, 0.25) is 0 Å². The molecule has 134 valence electrons. The predicted octanol–water partition coefficient (Wildman–Crippen LogP) is 5.25. The molecule has 0 saturated carbocycles. The first-order chi connectivity index (χ1) is 11.6. The lowest BCUT2D eigenvalue weighted by atomic mass is 10.0. The molecule has 0 aromatic heterocycles. The molecule has 1 N–H and O–H groups in total. The largest absolute Gasteiger partial charge is 0.465 e. The zero-order valence-electron chi connectivity index (χ0n) is 12.6. The van der Waals surface area contributed by atoms with Crippen LogP contribution in [0.5, 0.6) is 0 Å². The van der Waals surface area contributed by atoms with E-state index in [1.165, 1.54) is 24.3 Å². The average molecular weight is 363 g/mol. The van der Waals surface area contributed by atoms with Crippen molar-refractivity contribution in [3.8, 4) is 0 Å². The molecule has 0 aliphatic rings. The number of rotatable bonds is 3. The van der Waals surface area contributed by atoms with Gasteiger partial charge in [-0.2, -0.15) is 26.3 Å². The Morgan fingerprint density at radius 2 is 1.48 bits per heavy atom. The Hall–Kier alpha value is -2.71. The number of nitrogens with one attached hydrogen (secondary N) is 1. The van der Waals surface area contributed by atoms with E-state index in [1.54, 1.807) is 0 Å². The van der Waals surface area contributed by atoms with Gasteiger partial charge in [-0.05, 0) is 24.3 Å². The SMILES string of the molecule is COC(=O)c1ccccc1Nc1cccc(C(F)(F)F)c1C(F)(F)F. The smallest absolute Gasteiger partial charge is 0.419 e. The van der Waals surface area contributed by atoms with E-state index in [4.69, 9.17) is 0 Å². The quantitative estimate of drug-likeness (QED) is 0.598. The van der Waals surface area contributed by atoms with Crippen LogP contribution in [0.2, 0.25) is 0 Å². The number of alkyl halides is 6. The molecule has 2 rings (SSSR count). The third kappa shape index (κ3) is 4.04. The summed E-state index contributed by atoms with van der Waals surface area (Å²) in [6, 6.07) is 7.43. The number of hydrogen-bond acceptors (Lipinski definition) is 3. The van der Waals surface area contributed by atoms with Crippen LogP contribution in [0.15, 0.2) is 42.5 Å². The Kier molecular flexibility index (Phi) is 4.96. The van der Waals surface area contributed by atoms with Crippen LogP contribution in [0.3, 0.4) is 0 Å². The first-order valence-corrected chi connectivity index (χ1v) is 6.77. The summed E-state index contributed by atoms with van der Waals surface area (Å²) < 4.78 is 83.1. The number of carbonyl (C=O) groups is 1. The standard InChI is InChI=1S/C16H11F6NO2/c1-25-14(24)9-5-2-3-7-11(9)23-12-8-4-6-10(15(17,18)19)13(12)16(20,21)22/h2-8,23H,1H3. The van der Waals surface area contributed by atoms with Gasteiger partial charge in [0.1, 0.15) is 0 Å². The molecule has 0 atom stereocenters. The molecule has 0 unspecified atom stereocenters. The Labute approximate surface area is 138 Å². The van der Waals surface area contributed by atoms with Gasteiger partial charge < -0.3 is 10.1 Å². The molecule has 0 amide bonds. The predicted molar refractivity (Wildman–Crippen MR) is 77.5 cm³/mol. The maximum Gasteiger partial charge on any atom is 0.419 e. The van der Waals surface area contributed by atoms with Gasteiger partial charge >= 0.3 is 18.3 Å². The van der Waals surface area contributed by atoms with E-state index in [0.717, 1.165) is 19.2 Å². The zero-order chi connectivity index (χ0) is 18.8. The highest BCUT2D eigenvalue weighted by Crippen LogP contribution is 2.44. The summed E-state index contributed by atoms with van der Waals surface area (Å²) in [6.45, 7) is 0. The normalized spacial score (nSPS) is 12.0. The third-order valence-corrected chi connectivity index (χ3v) is 3.26. The fourth-order valence-corrected chi connectivity index (χ4v) is 2.22. The van der Waals surface area contributed by atoms with Crippen LogP contribution >= 0.6 is 0 Å². The number of halogens is 6. The molecule has 0 heterocycles. The van der Waals surface area contributed by atoms with Crippen molar-refractivity contribution in [3.63, 3.8) is 0 Å². The number of para-hydroxylation sites is 1. The Balaban J connectivity index is 2.61. The molecule has 0 saturated heterocycles. The molecule has 2 aromatic carbocycles. The van der Waals surface area contributed by atoms with Crippen molar-refractivity contribution in [2.24, 2.45) is 0 Å². The molecule has 0 aliphatic heterocycles. The minimum atomic E-state index is -5.26. The van der Waals surface area contributed by atoms with Crippen molar-refractivity contribution in [1.82, 2.24) is 0 Å². The molecule has 3 nitrogen and oxygen atoms in total. The summed E-state index contributed by atoms with van der Waals surface area (Å²) >= 11 is 0. The van der Waals surface area contributed by atoms with Gasteiger partial charge in [0.25, 0.3) is 0 Å². The van der Waals surface area contributed by atoms with Gasteiger partial charge in [-0.3, -0.25) is 0 Å². The van der Waals surface area contributed by atoms with Crippen molar-refractivity contribution in [3.05, 3.63) is 59.2 Å². The molecule has 2 aromatic rings. The second-order valence-corrected chi connectivity index (χ2v) is 4.89. The van der Waals surface area contributed by atoms with Crippen LogP contribution in [-0.2, 0) is 17.1 Å². The van der Waals surface area contributed by atoms with Gasteiger partial charge in [-0.15, -0.1) is 0 Å². The third-order valence-electron chi connectivity index (χ3n) is 3.26. The van der Waals surface area contributed by atoms with Crippen LogP contribution in [0.25, 0.3) is 0 Å². The Morgan fingerprint density at radius 3 is 2.04 bits per heavy atom. The molecular weight excluding hydrogens is 352 g/mol. The van der Waals surface area contributed by atoms with E-state index in [-0.39, 0.29) is 11.3 Å². The minimum absolute atomic E-state index is 0.112. The monoisotopic (exact) mass is 363 g/mol. The summed E-state index contributed by atoms with van der Waals surface area (Å²) in [4.78, 5) is 11.7. The van der Waals surface area contributed by atoms with Crippen LogP contribution in [-0.4, -0.2) is 13.1 Å². The topological polar surface area (TPSA) is 38.3 Å². The molecule has 0 fully saturated rings. The summed E-state index contributed by atoms with van der Waals surface area (Å²) in [5.41, 5.74) is -4.73. The van der Waals surface area contributed by atoms with Crippen molar-refractivity contribution in [1.29, 1.82) is 0 Å². The molecule has 0 aliphatic carbocycles. The zero-order valence-corrected chi connectivity index (χ0v) is 12.6. The van der Waals surface area contributed by atoms with Gasteiger partial charge in [0.15, 0.2) is 0 Å². The Morgan fingerprint density at radius 1 is 0.880 bits per heavy atom. The van der Waals surface area contributed by atoms with Gasteiger partial charge in [-0.1, -0.05) is 18.2 Å². The summed E-state index contributed by atoms with van der Waals surface area (Å²) in [5, 5.41) is 2.25. The number of esters is 1. The van der Waals surface area contributed by atoms with Crippen LogP contribution < -0.4 is 5.32 Å². The average Bonchev–Trinajstić information content (AvgIpc) is 2.52. The number of hydrogen-bond donors (Lipinski definition) is 1. The van der Waals surface area contributed by atoms with Crippen LogP contribution in [0, 0.1) is 0 Å². The highest BCUT2D eigenvalue weighted by Gasteiger charge is 2.44. The maximum absolute atomic E-state index is 13.2. The van der Waals surface area contributed by atoms with Gasteiger partial charge in [0.05, 0.1) is 35.2 Å². The van der Waals surface area contributed by atoms with E-state index < -0.39 is 35.1 Å². The van der Waals surface area contributed by atoms with Gasteiger partial charge in [0, 0.05) is 0 Å². The molecule has 0 radical (unpaired) electrons. The number of ether oxygens (including phenoxy) is 1. The van der Waals surface area contributed by atoms with E-state index in [0.29, 0.717) is 6.07 Å². The lowest BCUT2D eigenvalue weighted by molar-refractivity contribution is -0.161. The Bertz CT molecular complexity index is 783. The van der Waals surface area contributed by atoms with Gasteiger partial charge in [-0.25, -0.2) is 4.79 Å². The van der Waals surface area contributed by atoms with Crippen molar-refractivity contribution in [2.45, 2.75) is 12.4 Å². The second-order valence-electron chi connectivity index (χ2n) is 4.89. The van der Waals surface area contributed by atoms with E-state index >= 15 is 0 Å². The first-order valence-electron chi connectivity index (χ1n) is 6.77. The number of methoxy groups -OCH3 is 1. The van der Waals surface area contributed by atoms with E-state index in [2.05, 4.69) is 10.1 Å². The lowest BCUT2D eigenvalue weighted by Crippen LogP contribution is -2.18. The summed E-state index contributed by atoms with van der Waals surface area (Å²) in [7, 11) is 1.07. The molecule has 0 bridgehead atoms. The second kappa shape index (κ2) is 6.66. The van der Waals surface area contributed by atoms with Crippen LogP contribution in [0.4, 0.5) is 37.7 Å². The molecule has 0 spiro atoms. The number of benzene rings is 2. The summed E-state index contributed by atoms with van der Waals surface area (Å²) in [5.74, 6) is -0.844. The van der Waals surface area contributed by atoms with E-state index in [9.17, 15) is 31.1 Å². The first kappa shape index (κ1) is 18.6. The van der Waals surface area contributed by atoms with Crippen molar-refractivity contribution in [2.75, 3.05) is 12.4 Å². The van der Waals surface area contributed by atoms with Crippen LogP contribution in [0.1, 0.15) is 21.5 Å². The summed E-state index contributed by atoms with van der Waals surface area (Å²) in [6.07, 6.45) is -10.4. The maximum atomic E-state index is 13.2. The van der Waals surface area contributed by atoms with Crippen molar-refractivity contribution < 1.29 is 35.9 Å². The fraction of sp³-hybridized carbons (Fsp3) is 0.188. The molecule has 25 heavy (non-hydrogen) atoms. The van der Waals surface area contributed by atoms with Crippen molar-refractivity contribution >= 4 is 17.3 Å².